The van der Waals surface area contributed by atoms with E-state index in [1.54, 1.807) is 18.2 Å². The third-order valence-electron chi connectivity index (χ3n) is 5.29. The van der Waals surface area contributed by atoms with Crippen LogP contribution in [0.15, 0.2) is 18.2 Å². The molecule has 0 aromatic heterocycles. The van der Waals surface area contributed by atoms with E-state index >= 15 is 0 Å². The molecule has 0 radical (unpaired) electrons. The summed E-state index contributed by atoms with van der Waals surface area (Å²) < 4.78 is 0. The number of hydrogen-bond donors (Lipinski definition) is 1. The van der Waals surface area contributed by atoms with Crippen molar-refractivity contribution in [2.75, 3.05) is 18.8 Å². The molecule has 1 spiro atoms. The van der Waals surface area contributed by atoms with Gasteiger partial charge in [0.05, 0.1) is 10.6 Å². The Bertz CT molecular complexity index is 507. The quantitative estimate of drug-likeness (QED) is 0.794. The van der Waals surface area contributed by atoms with E-state index in [0.29, 0.717) is 21.7 Å². The largest absolute Gasteiger partial charge is 0.398 e. The lowest BCUT2D eigenvalue weighted by molar-refractivity contribution is 0.0473. The average Bonchev–Trinajstić information content (AvgIpc) is 2.48. The second kappa shape index (κ2) is 5.88. The van der Waals surface area contributed by atoms with E-state index in [9.17, 15) is 4.79 Å². The molecule has 0 bridgehead atoms. The Labute approximate surface area is 131 Å². The van der Waals surface area contributed by atoms with Crippen LogP contribution in [0.1, 0.15) is 55.3 Å². The van der Waals surface area contributed by atoms with Crippen LogP contribution in [0.25, 0.3) is 0 Å². The number of benzene rings is 1. The fourth-order valence-corrected chi connectivity index (χ4v) is 4.17. The summed E-state index contributed by atoms with van der Waals surface area (Å²) in [5, 5.41) is 0.456. The van der Waals surface area contributed by atoms with E-state index in [1.807, 2.05) is 4.90 Å². The number of rotatable bonds is 1. The number of anilines is 1. The normalized spacial score (nSPS) is 21.5. The van der Waals surface area contributed by atoms with E-state index in [1.165, 1.54) is 32.1 Å². The summed E-state index contributed by atoms with van der Waals surface area (Å²) in [4.78, 5) is 14.6. The summed E-state index contributed by atoms with van der Waals surface area (Å²) in [5.74, 6) is -0.0104. The van der Waals surface area contributed by atoms with Crippen LogP contribution >= 0.6 is 11.6 Å². The number of nitrogen functional groups attached to an aromatic ring is 1. The lowest BCUT2D eigenvalue weighted by atomic mass is 9.68. The molecule has 1 aromatic carbocycles. The lowest BCUT2D eigenvalue weighted by Crippen LogP contribution is -2.44. The lowest BCUT2D eigenvalue weighted by Gasteiger charge is -2.44. The Hall–Kier alpha value is -1.22. The topological polar surface area (TPSA) is 46.3 Å². The molecular weight excluding hydrogens is 284 g/mol. The maximum Gasteiger partial charge on any atom is 0.257 e. The van der Waals surface area contributed by atoms with Gasteiger partial charge >= 0.3 is 0 Å². The average molecular weight is 307 g/mol. The van der Waals surface area contributed by atoms with Gasteiger partial charge in [-0.1, -0.05) is 36.9 Å². The van der Waals surface area contributed by atoms with Gasteiger partial charge in [-0.15, -0.1) is 0 Å². The first-order valence-corrected chi connectivity index (χ1v) is 8.32. The van der Waals surface area contributed by atoms with E-state index in [4.69, 9.17) is 17.3 Å². The predicted octanol–water partition coefficient (Wildman–Crippen LogP) is 4.11. The molecule has 114 valence electrons. The highest BCUT2D eigenvalue weighted by atomic mass is 35.5. The fourth-order valence-electron chi connectivity index (χ4n) is 3.91. The summed E-state index contributed by atoms with van der Waals surface area (Å²) >= 11 is 6.16. The van der Waals surface area contributed by atoms with Gasteiger partial charge in [0, 0.05) is 18.8 Å². The molecule has 2 aliphatic rings. The Morgan fingerprint density at radius 1 is 1.10 bits per heavy atom. The zero-order chi connectivity index (χ0) is 14.9. The number of carbonyl (C=O) groups is 1. The van der Waals surface area contributed by atoms with Gasteiger partial charge in [-0.05, 0) is 43.2 Å². The van der Waals surface area contributed by atoms with Crippen LogP contribution in [-0.2, 0) is 0 Å². The number of amides is 1. The highest BCUT2D eigenvalue weighted by molar-refractivity contribution is 6.34. The molecule has 1 aliphatic heterocycles. The molecule has 0 unspecified atom stereocenters. The number of nitrogens with two attached hydrogens (primary N) is 1. The molecule has 0 atom stereocenters. The third-order valence-corrected chi connectivity index (χ3v) is 5.60. The van der Waals surface area contributed by atoms with Gasteiger partial charge in [0.25, 0.3) is 5.91 Å². The van der Waals surface area contributed by atoms with Crippen molar-refractivity contribution in [1.82, 2.24) is 4.90 Å². The summed E-state index contributed by atoms with van der Waals surface area (Å²) in [7, 11) is 0. The molecule has 4 heteroatoms. The van der Waals surface area contributed by atoms with Gasteiger partial charge in [-0.25, -0.2) is 0 Å². The maximum atomic E-state index is 12.7. The number of piperidine rings is 1. The van der Waals surface area contributed by atoms with Crippen molar-refractivity contribution in [3.63, 3.8) is 0 Å². The number of hydrogen-bond acceptors (Lipinski definition) is 2. The van der Waals surface area contributed by atoms with Crippen LogP contribution in [-0.4, -0.2) is 23.9 Å². The maximum absolute atomic E-state index is 12.7. The zero-order valence-electron chi connectivity index (χ0n) is 12.4. The monoisotopic (exact) mass is 306 g/mol. The van der Waals surface area contributed by atoms with Crippen LogP contribution in [0.2, 0.25) is 5.02 Å². The summed E-state index contributed by atoms with van der Waals surface area (Å²) in [6.45, 7) is 1.67. The highest BCUT2D eigenvalue weighted by Gasteiger charge is 2.37. The number of carbonyl (C=O) groups excluding carboxylic acids is 1. The first-order valence-electron chi connectivity index (χ1n) is 7.95. The minimum absolute atomic E-state index is 0.0104. The molecule has 3 nitrogen and oxygen atoms in total. The Morgan fingerprint density at radius 2 is 1.76 bits per heavy atom. The molecule has 1 aliphatic carbocycles. The van der Waals surface area contributed by atoms with Crippen LogP contribution in [0, 0.1) is 5.41 Å². The smallest absolute Gasteiger partial charge is 0.257 e. The number of nitrogens with zero attached hydrogens (tertiary/aromatic N) is 1. The number of halogens is 1. The van der Waals surface area contributed by atoms with Crippen LogP contribution in [0.5, 0.6) is 0 Å². The van der Waals surface area contributed by atoms with Gasteiger partial charge < -0.3 is 10.6 Å². The van der Waals surface area contributed by atoms with E-state index in [2.05, 4.69) is 0 Å². The fraction of sp³-hybridized carbons (Fsp3) is 0.588. The van der Waals surface area contributed by atoms with Gasteiger partial charge in [0.15, 0.2) is 0 Å². The van der Waals surface area contributed by atoms with E-state index in [-0.39, 0.29) is 5.91 Å². The van der Waals surface area contributed by atoms with Crippen LogP contribution in [0.4, 0.5) is 5.69 Å². The van der Waals surface area contributed by atoms with Crippen LogP contribution < -0.4 is 5.73 Å². The third kappa shape index (κ3) is 2.89. The van der Waals surface area contributed by atoms with E-state index < -0.39 is 0 Å². The second-order valence-electron chi connectivity index (χ2n) is 6.56. The van der Waals surface area contributed by atoms with Gasteiger partial charge in [-0.3, -0.25) is 4.79 Å². The van der Waals surface area contributed by atoms with Gasteiger partial charge in [-0.2, -0.15) is 0 Å². The van der Waals surface area contributed by atoms with Crippen molar-refractivity contribution in [3.05, 3.63) is 28.8 Å². The Kier molecular flexibility index (Phi) is 4.12. The molecule has 1 heterocycles. The Morgan fingerprint density at radius 3 is 2.38 bits per heavy atom. The zero-order valence-corrected chi connectivity index (χ0v) is 13.2. The molecule has 1 saturated carbocycles. The minimum Gasteiger partial charge on any atom is -0.398 e. The number of likely N-dealkylation sites (tertiary alicyclic amines) is 1. The molecule has 2 fully saturated rings. The van der Waals surface area contributed by atoms with Crippen molar-refractivity contribution in [2.24, 2.45) is 5.41 Å². The second-order valence-corrected chi connectivity index (χ2v) is 6.96. The van der Waals surface area contributed by atoms with Crippen molar-refractivity contribution >= 4 is 23.2 Å². The van der Waals surface area contributed by atoms with Crippen molar-refractivity contribution < 1.29 is 4.79 Å². The standard InChI is InChI=1S/C17H23ClN2O/c18-13-5-4-6-14(19)15(13)16(21)20-11-9-17(10-12-20)7-2-1-3-8-17/h4-6H,1-3,7-12,19H2. The summed E-state index contributed by atoms with van der Waals surface area (Å²) in [5.41, 5.74) is 7.38. The summed E-state index contributed by atoms with van der Waals surface area (Å²) in [6, 6.07) is 5.26. The predicted molar refractivity (Wildman–Crippen MR) is 86.5 cm³/mol. The Balaban J connectivity index is 1.70. The van der Waals surface area contributed by atoms with Crippen LogP contribution in [0.3, 0.4) is 0 Å². The molecule has 1 aromatic rings. The van der Waals surface area contributed by atoms with Gasteiger partial charge in [0.1, 0.15) is 0 Å². The minimum atomic E-state index is -0.0104. The van der Waals surface area contributed by atoms with Crippen molar-refractivity contribution in [2.45, 2.75) is 44.9 Å². The molecule has 3 rings (SSSR count). The first kappa shape index (κ1) is 14.7. The molecule has 1 saturated heterocycles. The SMILES string of the molecule is Nc1cccc(Cl)c1C(=O)N1CCC2(CCCCC2)CC1. The highest BCUT2D eigenvalue weighted by Crippen LogP contribution is 2.44. The van der Waals surface area contributed by atoms with E-state index in [0.717, 1.165) is 25.9 Å². The molecular formula is C17H23ClN2O. The van der Waals surface area contributed by atoms with Crippen molar-refractivity contribution in [3.8, 4) is 0 Å². The van der Waals surface area contributed by atoms with Gasteiger partial charge in [0.2, 0.25) is 0 Å². The molecule has 2 N–H and O–H groups in total. The first-order chi connectivity index (χ1) is 10.1. The van der Waals surface area contributed by atoms with Crippen molar-refractivity contribution in [1.29, 1.82) is 0 Å². The summed E-state index contributed by atoms with van der Waals surface area (Å²) in [6.07, 6.45) is 9.01. The molecule has 1 amide bonds. The molecule has 21 heavy (non-hydrogen) atoms.